The Morgan fingerprint density at radius 1 is 0.957 bits per heavy atom. The number of carbonyl (C=O) groups is 1. The van der Waals surface area contributed by atoms with E-state index < -0.39 is 17.7 Å². The topological polar surface area (TPSA) is 50.2 Å². The highest BCUT2D eigenvalue weighted by Gasteiger charge is 2.30. The molecule has 116 valence electrons. The van der Waals surface area contributed by atoms with Gasteiger partial charge in [0.1, 0.15) is 0 Å². The maximum absolute atomic E-state index is 12.6. The second-order valence-electron chi connectivity index (χ2n) is 4.95. The van der Waals surface area contributed by atoms with Crippen molar-refractivity contribution in [2.24, 2.45) is 0 Å². The number of nitrogens with zero attached hydrogens (tertiary/aromatic N) is 1. The first kappa shape index (κ1) is 15.0. The minimum Gasteiger partial charge on any atom is -0.478 e. The first-order valence-electron chi connectivity index (χ1n) is 6.67. The van der Waals surface area contributed by atoms with Crippen molar-refractivity contribution in [2.45, 2.75) is 6.18 Å². The first-order valence-corrected chi connectivity index (χ1v) is 6.67. The van der Waals surface area contributed by atoms with Crippen molar-refractivity contribution in [3.05, 3.63) is 65.7 Å². The van der Waals surface area contributed by atoms with Crippen LogP contribution in [-0.2, 0) is 6.18 Å². The molecule has 0 fully saturated rings. The van der Waals surface area contributed by atoms with Gasteiger partial charge in [-0.25, -0.2) is 9.78 Å². The summed E-state index contributed by atoms with van der Waals surface area (Å²) in [5.41, 5.74) is 0.516. The summed E-state index contributed by atoms with van der Waals surface area (Å²) in [4.78, 5) is 15.5. The molecule has 0 aliphatic carbocycles. The number of hydrogen-bond acceptors (Lipinski definition) is 2. The lowest BCUT2D eigenvalue weighted by Gasteiger charge is -2.08. The molecule has 0 bridgehead atoms. The number of fused-ring (bicyclic) bond motifs is 1. The third kappa shape index (κ3) is 2.88. The molecule has 3 nitrogen and oxygen atoms in total. The maximum atomic E-state index is 12.6. The third-order valence-electron chi connectivity index (χ3n) is 3.46. The second kappa shape index (κ2) is 5.39. The van der Waals surface area contributed by atoms with Gasteiger partial charge in [-0.1, -0.05) is 30.3 Å². The fraction of sp³-hybridized carbons (Fsp3) is 0.0588. The van der Waals surface area contributed by atoms with Gasteiger partial charge in [0.2, 0.25) is 0 Å². The van der Waals surface area contributed by atoms with Crippen LogP contribution in [0.25, 0.3) is 22.2 Å². The summed E-state index contributed by atoms with van der Waals surface area (Å²) in [5.74, 6) is -1.10. The number of para-hydroxylation sites is 1. The maximum Gasteiger partial charge on any atom is 0.416 e. The van der Waals surface area contributed by atoms with Gasteiger partial charge in [0.25, 0.3) is 0 Å². The number of benzene rings is 2. The molecule has 1 N–H and O–H groups in total. The third-order valence-corrected chi connectivity index (χ3v) is 3.46. The summed E-state index contributed by atoms with van der Waals surface area (Å²) in [6.07, 6.45) is -4.40. The Balaban J connectivity index is 2.10. The van der Waals surface area contributed by atoms with Crippen LogP contribution in [0, 0.1) is 0 Å². The Bertz CT molecular complexity index is 886. The predicted molar refractivity (Wildman–Crippen MR) is 79.1 cm³/mol. The van der Waals surface area contributed by atoms with E-state index in [2.05, 4.69) is 4.98 Å². The summed E-state index contributed by atoms with van der Waals surface area (Å²) in [6.45, 7) is 0. The highest BCUT2D eigenvalue weighted by Crippen LogP contribution is 2.31. The largest absolute Gasteiger partial charge is 0.478 e. The SMILES string of the molecule is O=C(O)c1cccc2ccc(-c3ccc(C(F)(F)F)cc3)nc12. The van der Waals surface area contributed by atoms with Crippen molar-refractivity contribution in [1.29, 1.82) is 0 Å². The van der Waals surface area contributed by atoms with Crippen LogP contribution >= 0.6 is 0 Å². The zero-order valence-electron chi connectivity index (χ0n) is 11.6. The van der Waals surface area contributed by atoms with Gasteiger partial charge in [0.05, 0.1) is 22.3 Å². The standard InChI is InChI=1S/C17H10F3NO2/c18-17(19,20)12-7-4-10(5-8-12)14-9-6-11-2-1-3-13(16(22)23)15(11)21-14/h1-9H,(H,22,23). The van der Waals surface area contributed by atoms with Gasteiger partial charge in [0.15, 0.2) is 0 Å². The molecule has 6 heteroatoms. The second-order valence-corrected chi connectivity index (χ2v) is 4.95. The van der Waals surface area contributed by atoms with E-state index in [4.69, 9.17) is 0 Å². The van der Waals surface area contributed by atoms with Gasteiger partial charge in [-0.2, -0.15) is 13.2 Å². The number of carboxylic acid groups (broad SMARTS) is 1. The number of halogens is 3. The van der Waals surface area contributed by atoms with Gasteiger partial charge >= 0.3 is 12.1 Å². The monoisotopic (exact) mass is 317 g/mol. The van der Waals surface area contributed by atoms with Crippen molar-refractivity contribution < 1.29 is 23.1 Å². The molecule has 1 heterocycles. The molecule has 0 spiro atoms. The highest BCUT2D eigenvalue weighted by molar-refractivity contribution is 6.02. The van der Waals surface area contributed by atoms with Gasteiger partial charge in [0, 0.05) is 10.9 Å². The minimum atomic E-state index is -4.40. The Kier molecular flexibility index (Phi) is 3.52. The van der Waals surface area contributed by atoms with E-state index in [1.807, 2.05) is 0 Å². The fourth-order valence-electron chi connectivity index (χ4n) is 2.31. The highest BCUT2D eigenvalue weighted by atomic mass is 19.4. The minimum absolute atomic E-state index is 0.0521. The smallest absolute Gasteiger partial charge is 0.416 e. The summed E-state index contributed by atoms with van der Waals surface area (Å²) < 4.78 is 37.8. The quantitative estimate of drug-likeness (QED) is 0.750. The van der Waals surface area contributed by atoms with E-state index in [0.717, 1.165) is 12.1 Å². The predicted octanol–water partition coefficient (Wildman–Crippen LogP) is 4.62. The van der Waals surface area contributed by atoms with Crippen molar-refractivity contribution in [2.75, 3.05) is 0 Å². The molecular weight excluding hydrogens is 307 g/mol. The van der Waals surface area contributed by atoms with Gasteiger partial charge in [-0.3, -0.25) is 0 Å². The number of alkyl halides is 3. The number of pyridine rings is 1. The summed E-state index contributed by atoms with van der Waals surface area (Å²) in [6, 6.07) is 12.7. The molecule has 0 atom stereocenters. The van der Waals surface area contributed by atoms with Crippen LogP contribution in [0.3, 0.4) is 0 Å². The number of hydrogen-bond donors (Lipinski definition) is 1. The Morgan fingerprint density at radius 3 is 2.26 bits per heavy atom. The zero-order valence-corrected chi connectivity index (χ0v) is 11.6. The molecule has 0 aliphatic heterocycles. The van der Waals surface area contributed by atoms with Crippen LogP contribution in [0.5, 0.6) is 0 Å². The average molecular weight is 317 g/mol. The molecule has 0 aliphatic rings. The van der Waals surface area contributed by atoms with E-state index in [0.29, 0.717) is 22.2 Å². The lowest BCUT2D eigenvalue weighted by atomic mass is 10.1. The van der Waals surface area contributed by atoms with Crippen molar-refractivity contribution in [3.8, 4) is 11.3 Å². The zero-order chi connectivity index (χ0) is 16.6. The van der Waals surface area contributed by atoms with Crippen molar-refractivity contribution in [1.82, 2.24) is 4.98 Å². The number of rotatable bonds is 2. The van der Waals surface area contributed by atoms with Crippen LogP contribution in [-0.4, -0.2) is 16.1 Å². The van der Waals surface area contributed by atoms with Crippen molar-refractivity contribution in [3.63, 3.8) is 0 Å². The Labute approximate surface area is 129 Å². The molecule has 3 aromatic rings. The molecule has 2 aromatic carbocycles. The Hall–Kier alpha value is -2.89. The van der Waals surface area contributed by atoms with Gasteiger partial charge < -0.3 is 5.11 Å². The molecule has 3 rings (SSSR count). The van der Waals surface area contributed by atoms with Crippen LogP contribution in [0.1, 0.15) is 15.9 Å². The lowest BCUT2D eigenvalue weighted by molar-refractivity contribution is -0.137. The molecule has 0 radical (unpaired) electrons. The Morgan fingerprint density at radius 2 is 1.65 bits per heavy atom. The summed E-state index contributed by atoms with van der Waals surface area (Å²) in [7, 11) is 0. The number of carboxylic acids is 1. The fourth-order valence-corrected chi connectivity index (χ4v) is 2.31. The lowest BCUT2D eigenvalue weighted by Crippen LogP contribution is -2.04. The van der Waals surface area contributed by atoms with Crippen LogP contribution < -0.4 is 0 Å². The molecule has 0 unspecified atom stereocenters. The summed E-state index contributed by atoms with van der Waals surface area (Å²) >= 11 is 0. The van der Waals surface area contributed by atoms with Crippen LogP contribution in [0.15, 0.2) is 54.6 Å². The molecule has 0 saturated heterocycles. The van der Waals surface area contributed by atoms with E-state index in [-0.39, 0.29) is 5.56 Å². The average Bonchev–Trinajstić information content (AvgIpc) is 2.53. The van der Waals surface area contributed by atoms with Gasteiger partial charge in [-0.15, -0.1) is 0 Å². The molecule has 1 aromatic heterocycles. The molecular formula is C17H10F3NO2. The molecule has 0 amide bonds. The van der Waals surface area contributed by atoms with Crippen molar-refractivity contribution >= 4 is 16.9 Å². The normalized spacial score (nSPS) is 11.6. The van der Waals surface area contributed by atoms with E-state index in [1.165, 1.54) is 18.2 Å². The van der Waals surface area contributed by atoms with E-state index in [1.54, 1.807) is 24.3 Å². The van der Waals surface area contributed by atoms with E-state index >= 15 is 0 Å². The first-order chi connectivity index (χ1) is 10.9. The van der Waals surface area contributed by atoms with Crippen LogP contribution in [0.4, 0.5) is 13.2 Å². The van der Waals surface area contributed by atoms with E-state index in [9.17, 15) is 23.1 Å². The van der Waals surface area contributed by atoms with Gasteiger partial charge in [-0.05, 0) is 24.3 Å². The number of aromatic nitrogens is 1. The number of aromatic carboxylic acids is 1. The molecule has 0 saturated carbocycles. The molecule has 23 heavy (non-hydrogen) atoms. The summed E-state index contributed by atoms with van der Waals surface area (Å²) in [5, 5.41) is 9.86. The van der Waals surface area contributed by atoms with Crippen LogP contribution in [0.2, 0.25) is 0 Å².